The van der Waals surface area contributed by atoms with Crippen LogP contribution in [0.25, 0.3) is 11.3 Å². The van der Waals surface area contributed by atoms with E-state index in [1.165, 1.54) is 11.8 Å². The van der Waals surface area contributed by atoms with Gasteiger partial charge in [0.1, 0.15) is 11.5 Å². The van der Waals surface area contributed by atoms with E-state index in [9.17, 15) is 4.79 Å². The minimum Gasteiger partial charge on any atom is -0.455 e. The van der Waals surface area contributed by atoms with E-state index in [1.54, 1.807) is 18.2 Å². The molecule has 1 heterocycles. The van der Waals surface area contributed by atoms with Crippen LogP contribution in [0.5, 0.6) is 0 Å². The summed E-state index contributed by atoms with van der Waals surface area (Å²) in [6, 6.07) is 17.1. The maximum Gasteiger partial charge on any atom is 0.244 e. The van der Waals surface area contributed by atoms with Gasteiger partial charge in [-0.2, -0.15) is 5.10 Å². The van der Waals surface area contributed by atoms with Crippen molar-refractivity contribution in [3.8, 4) is 11.3 Å². The van der Waals surface area contributed by atoms with Gasteiger partial charge in [-0.3, -0.25) is 4.79 Å². The molecule has 2 aromatic carbocycles. The van der Waals surface area contributed by atoms with Gasteiger partial charge in [0.15, 0.2) is 0 Å². The van der Waals surface area contributed by atoms with Gasteiger partial charge in [0.05, 0.1) is 12.6 Å². The zero-order valence-corrected chi connectivity index (χ0v) is 15.4. The Hall–Kier alpha value is -2.85. The standard InChI is InChI=1S/C21H19ClN2O2/c1-14-3-4-17(15(2)11-14)12-21(25)24-23-13-19-9-10-20(26-19)16-5-7-18(22)8-6-16/h3-11,13H,12H2,1-2H3,(H,24,25)/b23-13+. The Morgan fingerprint density at radius 3 is 2.62 bits per heavy atom. The fourth-order valence-corrected chi connectivity index (χ4v) is 2.74. The monoisotopic (exact) mass is 366 g/mol. The van der Waals surface area contributed by atoms with Crippen molar-refractivity contribution in [2.24, 2.45) is 5.10 Å². The van der Waals surface area contributed by atoms with Crippen LogP contribution in [-0.2, 0) is 11.2 Å². The molecule has 0 unspecified atom stereocenters. The highest BCUT2D eigenvalue weighted by atomic mass is 35.5. The van der Waals surface area contributed by atoms with Crippen LogP contribution in [0.4, 0.5) is 0 Å². The van der Waals surface area contributed by atoms with Gasteiger partial charge in [0.2, 0.25) is 5.91 Å². The van der Waals surface area contributed by atoms with Gasteiger partial charge in [-0.25, -0.2) is 5.43 Å². The van der Waals surface area contributed by atoms with E-state index in [1.807, 2.05) is 44.2 Å². The normalized spacial score (nSPS) is 11.0. The Balaban J connectivity index is 1.58. The molecular formula is C21H19ClN2O2. The second-order valence-corrected chi connectivity index (χ2v) is 6.55. The summed E-state index contributed by atoms with van der Waals surface area (Å²) in [5.41, 5.74) is 6.73. The van der Waals surface area contributed by atoms with E-state index in [2.05, 4.69) is 16.6 Å². The van der Waals surface area contributed by atoms with Crippen LogP contribution in [0.2, 0.25) is 5.02 Å². The van der Waals surface area contributed by atoms with Gasteiger partial charge in [-0.15, -0.1) is 0 Å². The van der Waals surface area contributed by atoms with Crippen LogP contribution in [0.3, 0.4) is 0 Å². The number of benzene rings is 2. The third-order valence-electron chi connectivity index (χ3n) is 3.99. The average Bonchev–Trinajstić information content (AvgIpc) is 3.07. The fourth-order valence-electron chi connectivity index (χ4n) is 2.62. The Morgan fingerprint density at radius 2 is 1.88 bits per heavy atom. The van der Waals surface area contributed by atoms with Crippen molar-refractivity contribution in [3.05, 3.63) is 82.1 Å². The van der Waals surface area contributed by atoms with Crippen LogP contribution >= 0.6 is 11.6 Å². The maximum absolute atomic E-state index is 12.0. The van der Waals surface area contributed by atoms with Gasteiger partial charge in [0, 0.05) is 10.6 Å². The molecule has 0 aliphatic rings. The lowest BCUT2D eigenvalue weighted by Crippen LogP contribution is -2.20. The molecule has 4 nitrogen and oxygen atoms in total. The van der Waals surface area contributed by atoms with E-state index in [0.29, 0.717) is 16.5 Å². The minimum atomic E-state index is -0.169. The molecular weight excluding hydrogens is 348 g/mol. The molecule has 5 heteroatoms. The zero-order chi connectivity index (χ0) is 18.5. The van der Waals surface area contributed by atoms with Gasteiger partial charge in [-0.1, -0.05) is 35.4 Å². The lowest BCUT2D eigenvalue weighted by atomic mass is 10.0. The highest BCUT2D eigenvalue weighted by Crippen LogP contribution is 2.23. The van der Waals surface area contributed by atoms with E-state index < -0.39 is 0 Å². The highest BCUT2D eigenvalue weighted by Gasteiger charge is 2.06. The summed E-state index contributed by atoms with van der Waals surface area (Å²) >= 11 is 5.89. The first-order chi connectivity index (χ1) is 12.5. The van der Waals surface area contributed by atoms with E-state index in [0.717, 1.165) is 16.7 Å². The van der Waals surface area contributed by atoms with Crippen LogP contribution in [0.1, 0.15) is 22.5 Å². The molecule has 0 saturated carbocycles. The highest BCUT2D eigenvalue weighted by molar-refractivity contribution is 6.30. The van der Waals surface area contributed by atoms with Gasteiger partial charge in [0.25, 0.3) is 0 Å². The lowest BCUT2D eigenvalue weighted by Gasteiger charge is -2.05. The molecule has 1 amide bonds. The SMILES string of the molecule is Cc1ccc(CC(=O)N/N=C/c2ccc(-c3ccc(Cl)cc3)o2)c(C)c1. The second kappa shape index (κ2) is 8.02. The number of aryl methyl sites for hydroxylation is 2. The number of rotatable bonds is 5. The molecule has 26 heavy (non-hydrogen) atoms. The average molecular weight is 367 g/mol. The van der Waals surface area contributed by atoms with Gasteiger partial charge in [-0.05, 0) is 61.4 Å². The number of carbonyl (C=O) groups is 1. The second-order valence-electron chi connectivity index (χ2n) is 6.11. The molecule has 0 aliphatic carbocycles. The first-order valence-corrected chi connectivity index (χ1v) is 8.63. The number of nitrogens with zero attached hydrogens (tertiary/aromatic N) is 1. The molecule has 0 spiro atoms. The van der Waals surface area contributed by atoms with Crippen LogP contribution in [0.15, 0.2) is 64.1 Å². The first kappa shape index (κ1) is 18.0. The molecule has 3 aromatic rings. The molecule has 0 saturated heterocycles. The summed E-state index contributed by atoms with van der Waals surface area (Å²) in [7, 11) is 0. The summed E-state index contributed by atoms with van der Waals surface area (Å²) in [6.45, 7) is 4.03. The van der Waals surface area contributed by atoms with Crippen molar-refractivity contribution in [2.75, 3.05) is 0 Å². The number of amides is 1. The Morgan fingerprint density at radius 1 is 1.12 bits per heavy atom. The molecule has 0 radical (unpaired) electrons. The summed E-state index contributed by atoms with van der Waals surface area (Å²) in [5, 5.41) is 4.64. The molecule has 0 atom stereocenters. The minimum absolute atomic E-state index is 0.169. The fraction of sp³-hybridized carbons (Fsp3) is 0.143. The third kappa shape index (κ3) is 4.61. The van der Waals surface area contributed by atoms with Crippen molar-refractivity contribution in [2.45, 2.75) is 20.3 Å². The molecule has 0 aliphatic heterocycles. The molecule has 3 rings (SSSR count). The predicted octanol–water partition coefficient (Wildman–Crippen LogP) is 4.91. The van der Waals surface area contributed by atoms with Crippen molar-refractivity contribution < 1.29 is 9.21 Å². The number of hydrogen-bond acceptors (Lipinski definition) is 3. The summed E-state index contributed by atoms with van der Waals surface area (Å²) in [5.74, 6) is 1.10. The molecule has 1 aromatic heterocycles. The summed E-state index contributed by atoms with van der Waals surface area (Å²) < 4.78 is 5.70. The zero-order valence-electron chi connectivity index (χ0n) is 14.6. The Kier molecular flexibility index (Phi) is 5.54. The summed E-state index contributed by atoms with van der Waals surface area (Å²) in [4.78, 5) is 12.0. The lowest BCUT2D eigenvalue weighted by molar-refractivity contribution is -0.120. The van der Waals surface area contributed by atoms with Crippen molar-refractivity contribution in [3.63, 3.8) is 0 Å². The first-order valence-electron chi connectivity index (χ1n) is 8.25. The van der Waals surface area contributed by atoms with Gasteiger partial charge < -0.3 is 4.42 Å². The van der Waals surface area contributed by atoms with E-state index >= 15 is 0 Å². The largest absolute Gasteiger partial charge is 0.455 e. The van der Waals surface area contributed by atoms with E-state index in [-0.39, 0.29) is 12.3 Å². The van der Waals surface area contributed by atoms with Gasteiger partial charge >= 0.3 is 0 Å². The van der Waals surface area contributed by atoms with Crippen LogP contribution in [-0.4, -0.2) is 12.1 Å². The smallest absolute Gasteiger partial charge is 0.244 e. The molecule has 0 fully saturated rings. The molecule has 1 N–H and O–H groups in total. The van der Waals surface area contributed by atoms with Crippen molar-refractivity contribution >= 4 is 23.7 Å². The number of halogens is 1. The number of carbonyl (C=O) groups excluding carboxylic acids is 1. The van der Waals surface area contributed by atoms with Crippen LogP contribution < -0.4 is 5.43 Å². The molecule has 132 valence electrons. The van der Waals surface area contributed by atoms with Crippen molar-refractivity contribution in [1.29, 1.82) is 0 Å². The van der Waals surface area contributed by atoms with Crippen molar-refractivity contribution in [1.82, 2.24) is 5.43 Å². The Labute approximate surface area is 157 Å². The maximum atomic E-state index is 12.0. The third-order valence-corrected chi connectivity index (χ3v) is 4.24. The number of furan rings is 1. The topological polar surface area (TPSA) is 54.6 Å². The number of nitrogens with one attached hydrogen (secondary N) is 1. The van der Waals surface area contributed by atoms with Crippen LogP contribution in [0, 0.1) is 13.8 Å². The van der Waals surface area contributed by atoms with E-state index in [4.69, 9.17) is 16.0 Å². The quantitative estimate of drug-likeness (QED) is 0.515. The Bertz CT molecular complexity index is 943. The number of hydrazone groups is 1. The predicted molar refractivity (Wildman–Crippen MR) is 105 cm³/mol. The number of hydrogen-bond donors (Lipinski definition) is 1. The summed E-state index contributed by atoms with van der Waals surface area (Å²) in [6.07, 6.45) is 1.77. The molecule has 0 bridgehead atoms.